The molecular formula is C8H7N3O2. The van der Waals surface area contributed by atoms with Gasteiger partial charge in [-0.1, -0.05) is 0 Å². The molecular weight excluding hydrogens is 170 g/mol. The highest BCUT2D eigenvalue weighted by atomic mass is 16.1. The Bertz CT molecular complexity index is 399. The second-order valence-electron chi connectivity index (χ2n) is 2.44. The quantitative estimate of drug-likeness (QED) is 0.164. The lowest BCUT2D eigenvalue weighted by atomic mass is 10.2. The minimum absolute atomic E-state index is 0.218. The van der Waals surface area contributed by atoms with Gasteiger partial charge in [-0.15, -0.1) is 0 Å². The molecule has 0 N–H and O–H groups in total. The molecule has 0 aliphatic rings. The Kier molecular flexibility index (Phi) is 2.52. The van der Waals surface area contributed by atoms with Crippen LogP contribution in [-0.4, -0.2) is 27.1 Å². The van der Waals surface area contributed by atoms with Crippen LogP contribution in [0.4, 0.5) is 0 Å². The van der Waals surface area contributed by atoms with Gasteiger partial charge in [0.2, 0.25) is 6.29 Å². The van der Waals surface area contributed by atoms with Crippen LogP contribution in [0.15, 0.2) is 18.3 Å². The molecule has 0 fully saturated rings. The second-order valence-corrected chi connectivity index (χ2v) is 2.44. The topological polar surface area (TPSA) is 75.5 Å². The lowest BCUT2D eigenvalue weighted by molar-refractivity contribution is -0.106. The number of aryl methyl sites for hydroxylation is 1. The number of hydrogen-bond acceptors (Lipinski definition) is 2. The summed E-state index contributed by atoms with van der Waals surface area (Å²) in [5.74, 6) is -0.593. The molecule has 0 atom stereocenters. The number of ketones is 1. The molecule has 13 heavy (non-hydrogen) atoms. The predicted octanol–water partition coefficient (Wildman–Crippen LogP) is 0.0775. The molecule has 0 amide bonds. The molecule has 5 heteroatoms. The van der Waals surface area contributed by atoms with Crippen molar-refractivity contribution in [3.05, 3.63) is 29.6 Å². The standard InChI is InChI=1S/C8H7N3O2/c1-11-4-2-3-7(11)8(13)6(5-12)10-9/h2-5H,1H3. The van der Waals surface area contributed by atoms with Crippen LogP contribution in [0.1, 0.15) is 10.5 Å². The number of rotatable bonds is 3. The Labute approximate surface area is 74.2 Å². The highest BCUT2D eigenvalue weighted by Crippen LogP contribution is 2.00. The monoisotopic (exact) mass is 177 g/mol. The van der Waals surface area contributed by atoms with Crippen LogP contribution in [0.5, 0.6) is 0 Å². The van der Waals surface area contributed by atoms with Crippen molar-refractivity contribution in [1.29, 1.82) is 0 Å². The van der Waals surface area contributed by atoms with Gasteiger partial charge in [0, 0.05) is 13.2 Å². The fourth-order valence-corrected chi connectivity index (χ4v) is 0.951. The van der Waals surface area contributed by atoms with Gasteiger partial charge in [0.1, 0.15) is 0 Å². The van der Waals surface area contributed by atoms with Gasteiger partial charge in [-0.2, -0.15) is 4.79 Å². The summed E-state index contributed by atoms with van der Waals surface area (Å²) in [5.41, 5.74) is 8.12. The van der Waals surface area contributed by atoms with Crippen molar-refractivity contribution in [3.63, 3.8) is 0 Å². The van der Waals surface area contributed by atoms with Crippen LogP contribution >= 0.6 is 0 Å². The molecule has 1 aromatic rings. The van der Waals surface area contributed by atoms with Gasteiger partial charge in [0.15, 0.2) is 0 Å². The van der Waals surface area contributed by atoms with Crippen LogP contribution in [0.3, 0.4) is 0 Å². The molecule has 66 valence electrons. The molecule has 0 spiro atoms. The minimum atomic E-state index is -0.593. The number of aromatic nitrogens is 1. The van der Waals surface area contributed by atoms with E-state index in [-0.39, 0.29) is 6.29 Å². The average Bonchev–Trinajstić information content (AvgIpc) is 2.53. The van der Waals surface area contributed by atoms with Crippen LogP contribution in [-0.2, 0) is 11.8 Å². The summed E-state index contributed by atoms with van der Waals surface area (Å²) in [6, 6.07) is 3.20. The third-order valence-corrected chi connectivity index (χ3v) is 1.63. The fourth-order valence-electron chi connectivity index (χ4n) is 0.951. The zero-order valence-corrected chi connectivity index (χ0v) is 6.97. The summed E-state index contributed by atoms with van der Waals surface area (Å²) in [6.07, 6.45) is 1.88. The van der Waals surface area contributed by atoms with E-state index in [2.05, 4.69) is 4.79 Å². The van der Waals surface area contributed by atoms with E-state index in [0.29, 0.717) is 5.69 Å². The van der Waals surface area contributed by atoms with Crippen molar-refractivity contribution in [2.75, 3.05) is 0 Å². The lowest BCUT2D eigenvalue weighted by Gasteiger charge is -1.94. The van der Waals surface area contributed by atoms with Gasteiger partial charge in [-0.3, -0.25) is 9.59 Å². The molecule has 0 radical (unpaired) electrons. The largest absolute Gasteiger partial charge is 0.403 e. The molecule has 0 saturated heterocycles. The van der Waals surface area contributed by atoms with Crippen LogP contribution in [0.2, 0.25) is 0 Å². The molecule has 0 unspecified atom stereocenters. The van der Waals surface area contributed by atoms with Gasteiger partial charge in [-0.05, 0) is 12.1 Å². The maximum Gasteiger partial charge on any atom is 0.403 e. The molecule has 0 saturated carbocycles. The van der Waals surface area contributed by atoms with Crippen molar-refractivity contribution in [1.82, 2.24) is 4.57 Å². The first-order valence-electron chi connectivity index (χ1n) is 3.54. The van der Waals surface area contributed by atoms with E-state index in [1.807, 2.05) is 0 Å². The molecule has 0 bridgehead atoms. The summed E-state index contributed by atoms with van der Waals surface area (Å²) < 4.78 is 1.54. The van der Waals surface area contributed by atoms with E-state index in [4.69, 9.17) is 5.53 Å². The molecule has 1 heterocycles. The zero-order chi connectivity index (χ0) is 9.84. The Morgan fingerprint density at radius 3 is 2.77 bits per heavy atom. The number of Topliss-reactive ketones (excluding diaryl/α,β-unsaturated/α-hetero) is 1. The van der Waals surface area contributed by atoms with Crippen molar-refractivity contribution in [3.8, 4) is 0 Å². The SMILES string of the molecule is Cn1cccc1C(=O)C(C=O)=[N+]=[N-]. The fraction of sp³-hybridized carbons (Fsp3) is 0.125. The lowest BCUT2D eigenvalue weighted by Crippen LogP contribution is -2.19. The third kappa shape index (κ3) is 1.60. The van der Waals surface area contributed by atoms with Crippen molar-refractivity contribution < 1.29 is 14.4 Å². The van der Waals surface area contributed by atoms with Crippen LogP contribution in [0.25, 0.3) is 5.53 Å². The Balaban J connectivity index is 3.12. The number of hydrogen-bond donors (Lipinski definition) is 0. The van der Waals surface area contributed by atoms with E-state index < -0.39 is 11.5 Å². The molecule has 1 aromatic heterocycles. The molecule has 0 aromatic carbocycles. The number of carbonyl (C=O) groups excluding carboxylic acids is 2. The number of carbonyl (C=O) groups is 2. The summed E-state index contributed by atoms with van der Waals surface area (Å²) >= 11 is 0. The van der Waals surface area contributed by atoms with E-state index in [9.17, 15) is 9.59 Å². The maximum absolute atomic E-state index is 11.3. The minimum Gasteiger partial charge on any atom is -0.360 e. The van der Waals surface area contributed by atoms with E-state index in [0.717, 1.165) is 0 Å². The molecule has 1 rings (SSSR count). The van der Waals surface area contributed by atoms with E-state index in [1.165, 1.54) is 10.6 Å². The second kappa shape index (κ2) is 3.60. The summed E-state index contributed by atoms with van der Waals surface area (Å²) in [7, 11) is 1.66. The molecule has 0 aliphatic heterocycles. The normalized spacial score (nSPS) is 9.00. The molecule has 5 nitrogen and oxygen atoms in total. The zero-order valence-electron chi connectivity index (χ0n) is 6.97. The van der Waals surface area contributed by atoms with E-state index >= 15 is 0 Å². The predicted molar refractivity (Wildman–Crippen MR) is 44.4 cm³/mol. The summed E-state index contributed by atoms with van der Waals surface area (Å²) in [6.45, 7) is 0. The Morgan fingerprint density at radius 2 is 2.38 bits per heavy atom. The number of nitrogens with zero attached hydrogens (tertiary/aromatic N) is 3. The Morgan fingerprint density at radius 1 is 1.69 bits per heavy atom. The highest BCUT2D eigenvalue weighted by molar-refractivity contribution is 6.61. The third-order valence-electron chi connectivity index (χ3n) is 1.63. The highest BCUT2D eigenvalue weighted by Gasteiger charge is 2.22. The van der Waals surface area contributed by atoms with Gasteiger partial charge < -0.3 is 10.1 Å². The first-order valence-corrected chi connectivity index (χ1v) is 3.54. The van der Waals surface area contributed by atoms with Crippen LogP contribution < -0.4 is 0 Å². The van der Waals surface area contributed by atoms with Gasteiger partial charge in [-0.25, -0.2) is 0 Å². The van der Waals surface area contributed by atoms with Crippen LogP contribution in [0, 0.1) is 0 Å². The summed E-state index contributed by atoms with van der Waals surface area (Å²) in [5, 5.41) is 0. The van der Waals surface area contributed by atoms with Crippen molar-refractivity contribution >= 4 is 17.8 Å². The first-order chi connectivity index (χ1) is 6.20. The van der Waals surface area contributed by atoms with E-state index in [1.54, 1.807) is 19.3 Å². The number of aldehydes is 1. The van der Waals surface area contributed by atoms with Gasteiger partial charge in [0.25, 0.3) is 5.78 Å². The molecule has 0 aliphatic carbocycles. The Hall–Kier alpha value is -2.00. The van der Waals surface area contributed by atoms with Crippen molar-refractivity contribution in [2.24, 2.45) is 7.05 Å². The summed E-state index contributed by atoms with van der Waals surface area (Å²) in [4.78, 5) is 24.2. The first kappa shape index (κ1) is 9.09. The van der Waals surface area contributed by atoms with Gasteiger partial charge >= 0.3 is 5.71 Å². The average molecular weight is 177 g/mol. The maximum atomic E-state index is 11.3. The smallest absolute Gasteiger partial charge is 0.360 e. The van der Waals surface area contributed by atoms with Crippen molar-refractivity contribution in [2.45, 2.75) is 0 Å². The van der Waals surface area contributed by atoms with Gasteiger partial charge in [0.05, 0.1) is 5.69 Å².